The predicted molar refractivity (Wildman–Crippen MR) is 134 cm³/mol. The van der Waals surface area contributed by atoms with Crippen LogP contribution in [0.1, 0.15) is 32.4 Å². The fraction of sp³-hybridized carbons (Fsp3) is 0.346. The summed E-state index contributed by atoms with van der Waals surface area (Å²) in [5.74, 6) is -0.779. The zero-order valence-electron chi connectivity index (χ0n) is 19.9. The zero-order chi connectivity index (χ0) is 26.0. The molecule has 6 nitrogen and oxygen atoms in total. The summed E-state index contributed by atoms with van der Waals surface area (Å²) in [5, 5.41) is 20.5. The van der Waals surface area contributed by atoms with Crippen LogP contribution in [0.3, 0.4) is 0 Å². The number of fused-ring (bicyclic) bond motifs is 6. The van der Waals surface area contributed by atoms with Gasteiger partial charge in [-0.2, -0.15) is 18.4 Å². The van der Waals surface area contributed by atoms with Crippen LogP contribution in [0.2, 0.25) is 0 Å². The average molecular weight is 514 g/mol. The van der Waals surface area contributed by atoms with Crippen LogP contribution in [0.15, 0.2) is 48.7 Å². The molecule has 10 heteroatoms. The molecule has 0 radical (unpaired) electrons. The Morgan fingerprint density at radius 1 is 1.31 bits per heavy atom. The van der Waals surface area contributed by atoms with Crippen molar-refractivity contribution in [2.75, 3.05) is 33.7 Å². The van der Waals surface area contributed by atoms with Crippen LogP contribution >= 0.6 is 11.3 Å². The van der Waals surface area contributed by atoms with Gasteiger partial charge in [0.25, 0.3) is 0 Å². The molecule has 188 valence electrons. The zero-order valence-corrected chi connectivity index (χ0v) is 20.7. The normalized spacial score (nSPS) is 22.5. The number of amides is 1. The number of halogens is 3. The molecule has 2 aliphatic rings. The van der Waals surface area contributed by atoms with E-state index < -0.39 is 17.8 Å². The molecule has 2 aliphatic heterocycles. The molecule has 0 saturated heterocycles. The van der Waals surface area contributed by atoms with Gasteiger partial charge in [0, 0.05) is 48.1 Å². The third-order valence-electron chi connectivity index (χ3n) is 6.29. The maximum atomic E-state index is 13.8. The Hall–Kier alpha value is -3.42. The maximum Gasteiger partial charge on any atom is 0.433 e. The van der Waals surface area contributed by atoms with E-state index in [1.807, 2.05) is 19.0 Å². The van der Waals surface area contributed by atoms with Crippen molar-refractivity contribution in [3.63, 3.8) is 0 Å². The lowest BCUT2D eigenvalue weighted by Crippen LogP contribution is -2.37. The van der Waals surface area contributed by atoms with E-state index in [0.717, 1.165) is 10.4 Å². The number of carbonyl (C=O) groups excluding carboxylic acids is 1. The minimum atomic E-state index is -4.84. The van der Waals surface area contributed by atoms with E-state index in [1.54, 1.807) is 41.3 Å². The van der Waals surface area contributed by atoms with Crippen LogP contribution in [0.4, 0.5) is 13.2 Å². The molecule has 0 fully saturated rings. The van der Waals surface area contributed by atoms with Gasteiger partial charge in [-0.1, -0.05) is 30.3 Å². The van der Waals surface area contributed by atoms with E-state index in [2.05, 4.69) is 11.4 Å². The van der Waals surface area contributed by atoms with Crippen molar-refractivity contribution in [1.82, 2.24) is 15.1 Å². The molecular weight excluding hydrogens is 487 g/mol. The summed E-state index contributed by atoms with van der Waals surface area (Å²) >= 11 is 1.30. The number of thiophene rings is 1. The van der Waals surface area contributed by atoms with Crippen LogP contribution in [-0.2, 0) is 11.3 Å². The van der Waals surface area contributed by atoms with Gasteiger partial charge in [-0.25, -0.2) is 0 Å². The molecule has 4 rings (SSSR count). The van der Waals surface area contributed by atoms with Gasteiger partial charge >= 0.3 is 6.18 Å². The molecule has 3 heterocycles. The van der Waals surface area contributed by atoms with Crippen LogP contribution < -0.4 is 5.32 Å². The van der Waals surface area contributed by atoms with E-state index in [9.17, 15) is 23.2 Å². The first-order valence-corrected chi connectivity index (χ1v) is 12.2. The first kappa shape index (κ1) is 25.7. The standard InChI is InChI=1S/C26H26F3N5OS/c1-33(2)13-16-7-8-24(35)34-14-22(20-9-17(10-30)36-23(20)15-34)19-6-4-3-5-18(19)21(12-32-11-16)25(31)26(27,28)29/h3-9,12,16,22,31-32H,11,13-15H2,1-2H3/b8-7+,21-12-,31-25?/t16?,22-/m0/s1. The number of nitriles is 1. The van der Waals surface area contributed by atoms with Crippen molar-refractivity contribution in [2.24, 2.45) is 5.92 Å². The molecule has 1 aromatic heterocycles. The van der Waals surface area contributed by atoms with E-state index in [-0.39, 0.29) is 29.5 Å². The molecule has 2 bridgehead atoms. The molecule has 2 aromatic rings. The fourth-order valence-electron chi connectivity index (χ4n) is 4.69. The van der Waals surface area contributed by atoms with Crippen LogP contribution in [0.25, 0.3) is 5.57 Å². The molecule has 1 aromatic carbocycles. The van der Waals surface area contributed by atoms with Crippen LogP contribution in [-0.4, -0.2) is 61.3 Å². The quantitative estimate of drug-likeness (QED) is 0.598. The molecule has 0 saturated carbocycles. The molecule has 2 atom stereocenters. The molecule has 36 heavy (non-hydrogen) atoms. The number of allylic oxidation sites excluding steroid dienone is 1. The van der Waals surface area contributed by atoms with Crippen LogP contribution in [0, 0.1) is 22.7 Å². The van der Waals surface area contributed by atoms with Gasteiger partial charge in [0.15, 0.2) is 0 Å². The van der Waals surface area contributed by atoms with Crippen molar-refractivity contribution < 1.29 is 18.0 Å². The number of hydrogen-bond donors (Lipinski definition) is 2. The summed E-state index contributed by atoms with van der Waals surface area (Å²) in [7, 11) is 3.77. The number of nitrogens with one attached hydrogen (secondary N) is 2. The lowest BCUT2D eigenvalue weighted by Gasteiger charge is -2.34. The summed E-state index contributed by atoms with van der Waals surface area (Å²) < 4.78 is 41.4. The third kappa shape index (κ3) is 5.37. The number of nitrogens with zero attached hydrogens (tertiary/aromatic N) is 3. The van der Waals surface area contributed by atoms with Gasteiger partial charge in [-0.15, -0.1) is 11.3 Å². The van der Waals surface area contributed by atoms with Crippen molar-refractivity contribution in [1.29, 1.82) is 10.7 Å². The molecule has 0 aliphatic carbocycles. The second-order valence-corrected chi connectivity index (χ2v) is 10.3. The van der Waals surface area contributed by atoms with Gasteiger partial charge in [0.2, 0.25) is 5.91 Å². The summed E-state index contributed by atoms with van der Waals surface area (Å²) in [6.45, 7) is 1.46. The third-order valence-corrected chi connectivity index (χ3v) is 7.33. The number of benzene rings is 1. The van der Waals surface area contributed by atoms with Gasteiger partial charge in [0.05, 0.1) is 6.54 Å². The van der Waals surface area contributed by atoms with Crippen molar-refractivity contribution >= 4 is 28.5 Å². The minimum absolute atomic E-state index is 0.152. The minimum Gasteiger partial charge on any atom is -0.390 e. The number of carbonyl (C=O) groups is 1. The first-order valence-electron chi connectivity index (χ1n) is 11.4. The van der Waals surface area contributed by atoms with Gasteiger partial charge in [-0.3, -0.25) is 10.2 Å². The highest BCUT2D eigenvalue weighted by Gasteiger charge is 2.39. The van der Waals surface area contributed by atoms with Crippen molar-refractivity contribution in [2.45, 2.75) is 18.6 Å². The van der Waals surface area contributed by atoms with Gasteiger partial charge in [-0.05, 0) is 42.9 Å². The topological polar surface area (TPSA) is 83.2 Å². The van der Waals surface area contributed by atoms with Crippen molar-refractivity contribution in [3.05, 3.63) is 75.1 Å². The molecule has 0 spiro atoms. The Morgan fingerprint density at radius 2 is 2.06 bits per heavy atom. The Balaban J connectivity index is 1.91. The maximum absolute atomic E-state index is 13.8. The molecular formula is C26H26F3N5OS. The highest BCUT2D eigenvalue weighted by molar-refractivity contribution is 7.12. The molecule has 2 N–H and O–H groups in total. The average Bonchev–Trinajstić information content (AvgIpc) is 3.26. The van der Waals surface area contributed by atoms with E-state index in [1.165, 1.54) is 23.6 Å². The first-order chi connectivity index (χ1) is 17.1. The number of alkyl halides is 3. The Kier molecular flexibility index (Phi) is 7.33. The Morgan fingerprint density at radius 3 is 2.75 bits per heavy atom. The summed E-state index contributed by atoms with van der Waals surface area (Å²) in [4.78, 5) is 18.2. The number of rotatable bonds is 3. The second-order valence-electron chi connectivity index (χ2n) is 9.18. The summed E-state index contributed by atoms with van der Waals surface area (Å²) in [6.07, 6.45) is -0.264. The fourth-order valence-corrected chi connectivity index (χ4v) is 5.73. The summed E-state index contributed by atoms with van der Waals surface area (Å²) in [6, 6.07) is 10.6. The highest BCUT2D eigenvalue weighted by atomic mass is 32.1. The highest BCUT2D eigenvalue weighted by Crippen LogP contribution is 2.41. The van der Waals surface area contributed by atoms with E-state index in [0.29, 0.717) is 30.1 Å². The summed E-state index contributed by atoms with van der Waals surface area (Å²) in [5.41, 5.74) is -0.00905. The van der Waals surface area contributed by atoms with E-state index >= 15 is 0 Å². The van der Waals surface area contributed by atoms with Gasteiger partial charge in [0.1, 0.15) is 16.7 Å². The van der Waals surface area contributed by atoms with E-state index in [4.69, 9.17) is 5.41 Å². The predicted octanol–water partition coefficient (Wildman–Crippen LogP) is 4.35. The smallest absolute Gasteiger partial charge is 0.390 e. The van der Waals surface area contributed by atoms with Crippen LogP contribution in [0.5, 0.6) is 0 Å². The molecule has 1 unspecified atom stereocenters. The number of hydrogen-bond acceptors (Lipinski definition) is 6. The van der Waals surface area contributed by atoms with Gasteiger partial charge < -0.3 is 15.1 Å². The second kappa shape index (κ2) is 10.3. The monoisotopic (exact) mass is 513 g/mol. The largest absolute Gasteiger partial charge is 0.433 e. The van der Waals surface area contributed by atoms with Crippen molar-refractivity contribution in [3.8, 4) is 6.07 Å². The molecule has 1 amide bonds. The lowest BCUT2D eigenvalue weighted by atomic mass is 9.83. The Bertz CT molecular complexity index is 1270. The SMILES string of the molecule is CN(C)CC1/C=C/C(=O)N2Cc3sc(C#N)cc3[C@@H](C2)c2ccccc2/C(C(=N)C(F)(F)F)=C/NC1. The lowest BCUT2D eigenvalue weighted by molar-refractivity contribution is -0.127. The Labute approximate surface area is 211 Å².